The molecular weight excluding hydrogens is 390 g/mol. The quantitative estimate of drug-likeness (QED) is 0.400. The third kappa shape index (κ3) is 3.68. The number of aliphatic imine (C=N–C) groups is 1. The standard InChI is InChI=1S/C25H23N3OS/c29-24(27-14-17-8-2-1-3-9-17)23-20-11-5-7-13-22(20)30-25(23)28-16-18-15-26-21-12-6-4-10-19(18)21/h1-4,6,8-10,12,15-16,26H,5,7,11,13-14H2,(H,27,29). The van der Waals surface area contributed by atoms with Crippen molar-refractivity contribution in [1.82, 2.24) is 10.3 Å². The summed E-state index contributed by atoms with van der Waals surface area (Å²) >= 11 is 1.67. The lowest BCUT2D eigenvalue weighted by Crippen LogP contribution is -2.24. The molecular formula is C25H23N3OS. The van der Waals surface area contributed by atoms with Gasteiger partial charge < -0.3 is 10.3 Å². The number of fused-ring (bicyclic) bond motifs is 2. The molecule has 0 bridgehead atoms. The summed E-state index contributed by atoms with van der Waals surface area (Å²) in [4.78, 5) is 22.6. The number of nitrogens with one attached hydrogen (secondary N) is 2. The highest BCUT2D eigenvalue weighted by Gasteiger charge is 2.25. The number of benzene rings is 2. The molecule has 4 aromatic rings. The number of aryl methyl sites for hydroxylation is 1. The van der Waals surface area contributed by atoms with Gasteiger partial charge >= 0.3 is 0 Å². The zero-order valence-corrected chi connectivity index (χ0v) is 17.5. The smallest absolute Gasteiger partial charge is 0.254 e. The lowest BCUT2D eigenvalue weighted by molar-refractivity contribution is 0.0951. The van der Waals surface area contributed by atoms with Crippen molar-refractivity contribution in [2.24, 2.45) is 4.99 Å². The fraction of sp³-hybridized carbons (Fsp3) is 0.200. The number of carbonyl (C=O) groups is 1. The van der Waals surface area contributed by atoms with Crippen LogP contribution in [0.5, 0.6) is 0 Å². The van der Waals surface area contributed by atoms with Crippen LogP contribution in [-0.4, -0.2) is 17.1 Å². The molecule has 2 aromatic carbocycles. The molecule has 0 atom stereocenters. The summed E-state index contributed by atoms with van der Waals surface area (Å²) in [7, 11) is 0. The molecule has 5 heteroatoms. The first-order valence-electron chi connectivity index (χ1n) is 10.4. The van der Waals surface area contributed by atoms with Gasteiger partial charge in [-0.15, -0.1) is 11.3 Å². The van der Waals surface area contributed by atoms with Crippen LogP contribution in [-0.2, 0) is 19.4 Å². The molecule has 1 aliphatic carbocycles. The summed E-state index contributed by atoms with van der Waals surface area (Å²) in [6.07, 6.45) is 8.17. The van der Waals surface area contributed by atoms with Crippen LogP contribution >= 0.6 is 11.3 Å². The Morgan fingerprint density at radius 1 is 1.07 bits per heavy atom. The van der Waals surface area contributed by atoms with Crippen LogP contribution in [0, 0.1) is 0 Å². The summed E-state index contributed by atoms with van der Waals surface area (Å²) in [6, 6.07) is 18.2. The Hall–Kier alpha value is -3.18. The second-order valence-corrected chi connectivity index (χ2v) is 8.69. The van der Waals surface area contributed by atoms with Gasteiger partial charge in [-0.2, -0.15) is 0 Å². The molecule has 0 aliphatic heterocycles. The molecule has 150 valence electrons. The summed E-state index contributed by atoms with van der Waals surface area (Å²) in [6.45, 7) is 0.524. The van der Waals surface area contributed by atoms with Gasteiger partial charge in [0.1, 0.15) is 5.00 Å². The fourth-order valence-corrected chi connectivity index (χ4v) is 5.30. The van der Waals surface area contributed by atoms with E-state index >= 15 is 0 Å². The van der Waals surface area contributed by atoms with E-state index in [2.05, 4.69) is 22.4 Å². The summed E-state index contributed by atoms with van der Waals surface area (Å²) in [5.41, 5.74) is 5.18. The first-order valence-corrected chi connectivity index (χ1v) is 11.2. The molecule has 30 heavy (non-hydrogen) atoms. The lowest BCUT2D eigenvalue weighted by atomic mass is 9.95. The first kappa shape index (κ1) is 18.8. The Balaban J connectivity index is 1.46. The number of aromatic nitrogens is 1. The third-order valence-electron chi connectivity index (χ3n) is 5.62. The molecule has 2 aromatic heterocycles. The van der Waals surface area contributed by atoms with Crippen LogP contribution in [0.15, 0.2) is 65.8 Å². The Labute approximate surface area is 179 Å². The van der Waals surface area contributed by atoms with E-state index in [0.717, 1.165) is 51.9 Å². The first-order chi connectivity index (χ1) is 14.8. The van der Waals surface area contributed by atoms with Crippen molar-refractivity contribution in [2.45, 2.75) is 32.2 Å². The number of hydrogen-bond acceptors (Lipinski definition) is 3. The van der Waals surface area contributed by atoms with E-state index in [1.165, 1.54) is 16.9 Å². The summed E-state index contributed by atoms with van der Waals surface area (Å²) in [5, 5.41) is 5.06. The van der Waals surface area contributed by atoms with Crippen molar-refractivity contribution >= 4 is 39.4 Å². The van der Waals surface area contributed by atoms with E-state index in [-0.39, 0.29) is 5.91 Å². The average molecular weight is 414 g/mol. The summed E-state index contributed by atoms with van der Waals surface area (Å²) < 4.78 is 0. The number of para-hydroxylation sites is 1. The van der Waals surface area contributed by atoms with Gasteiger partial charge in [-0.25, -0.2) is 4.99 Å². The maximum absolute atomic E-state index is 13.2. The van der Waals surface area contributed by atoms with Crippen LogP contribution < -0.4 is 5.32 Å². The molecule has 0 spiro atoms. The van der Waals surface area contributed by atoms with E-state index in [1.54, 1.807) is 11.3 Å². The number of carbonyl (C=O) groups excluding carboxylic acids is 1. The summed E-state index contributed by atoms with van der Waals surface area (Å²) in [5.74, 6) is -0.0238. The highest BCUT2D eigenvalue weighted by Crippen LogP contribution is 2.40. The molecule has 0 saturated carbocycles. The highest BCUT2D eigenvalue weighted by molar-refractivity contribution is 7.16. The van der Waals surface area contributed by atoms with Crippen molar-refractivity contribution in [2.75, 3.05) is 0 Å². The molecule has 2 N–H and O–H groups in total. The van der Waals surface area contributed by atoms with E-state index in [9.17, 15) is 4.79 Å². The number of thiophene rings is 1. The molecule has 4 nitrogen and oxygen atoms in total. The molecule has 0 radical (unpaired) electrons. The third-order valence-corrected chi connectivity index (χ3v) is 6.82. The van der Waals surface area contributed by atoms with Crippen LogP contribution in [0.3, 0.4) is 0 Å². The molecule has 5 rings (SSSR count). The molecule has 0 fully saturated rings. The normalized spacial score (nSPS) is 13.6. The topological polar surface area (TPSA) is 57.2 Å². The van der Waals surface area contributed by atoms with Crippen molar-refractivity contribution in [3.63, 3.8) is 0 Å². The van der Waals surface area contributed by atoms with Gasteiger partial charge in [0.25, 0.3) is 5.91 Å². The SMILES string of the molecule is O=C(NCc1ccccc1)c1c(N=Cc2c[nH]c3ccccc23)sc2c1CCCC2. The Morgan fingerprint density at radius 3 is 2.77 bits per heavy atom. The minimum Gasteiger partial charge on any atom is -0.361 e. The van der Waals surface area contributed by atoms with Crippen LogP contribution in [0.2, 0.25) is 0 Å². The van der Waals surface area contributed by atoms with E-state index in [1.807, 2.05) is 54.9 Å². The van der Waals surface area contributed by atoms with Crippen LogP contribution in [0.4, 0.5) is 5.00 Å². The van der Waals surface area contributed by atoms with Crippen molar-refractivity contribution in [3.05, 3.63) is 87.9 Å². The Morgan fingerprint density at radius 2 is 1.87 bits per heavy atom. The average Bonchev–Trinajstić information content (AvgIpc) is 3.38. The minimum absolute atomic E-state index is 0.0238. The zero-order chi connectivity index (χ0) is 20.3. The van der Waals surface area contributed by atoms with Gasteiger partial charge in [-0.3, -0.25) is 4.79 Å². The highest BCUT2D eigenvalue weighted by atomic mass is 32.1. The van der Waals surface area contributed by atoms with Gasteiger partial charge in [0, 0.05) is 40.3 Å². The zero-order valence-electron chi connectivity index (χ0n) is 16.7. The lowest BCUT2D eigenvalue weighted by Gasteiger charge is -2.12. The molecule has 0 unspecified atom stereocenters. The van der Waals surface area contributed by atoms with Crippen molar-refractivity contribution in [1.29, 1.82) is 0 Å². The maximum Gasteiger partial charge on any atom is 0.254 e. The maximum atomic E-state index is 13.2. The number of nitrogens with zero attached hydrogens (tertiary/aromatic N) is 1. The predicted octanol–water partition coefficient (Wildman–Crippen LogP) is 5.79. The second kappa shape index (κ2) is 8.28. The molecule has 2 heterocycles. The Kier molecular flexibility index (Phi) is 5.20. The van der Waals surface area contributed by atoms with Gasteiger partial charge in [0.15, 0.2) is 0 Å². The van der Waals surface area contributed by atoms with E-state index in [0.29, 0.717) is 6.54 Å². The van der Waals surface area contributed by atoms with Crippen LogP contribution in [0.25, 0.3) is 10.9 Å². The van der Waals surface area contributed by atoms with Gasteiger partial charge in [-0.1, -0.05) is 48.5 Å². The van der Waals surface area contributed by atoms with E-state index < -0.39 is 0 Å². The fourth-order valence-electron chi connectivity index (χ4n) is 4.07. The molecule has 0 saturated heterocycles. The second-order valence-electron chi connectivity index (χ2n) is 7.61. The number of hydrogen-bond donors (Lipinski definition) is 2. The van der Waals surface area contributed by atoms with Crippen LogP contribution in [0.1, 0.15) is 44.8 Å². The number of rotatable bonds is 5. The monoisotopic (exact) mass is 413 g/mol. The predicted molar refractivity (Wildman–Crippen MR) is 124 cm³/mol. The molecule has 1 amide bonds. The number of H-pyrrole nitrogens is 1. The van der Waals surface area contributed by atoms with Gasteiger partial charge in [0.05, 0.1) is 5.56 Å². The Bertz CT molecular complexity index is 1220. The van der Waals surface area contributed by atoms with E-state index in [4.69, 9.17) is 4.99 Å². The molecule has 1 aliphatic rings. The van der Waals surface area contributed by atoms with Crippen molar-refractivity contribution in [3.8, 4) is 0 Å². The number of amides is 1. The largest absolute Gasteiger partial charge is 0.361 e. The van der Waals surface area contributed by atoms with Gasteiger partial charge in [0.2, 0.25) is 0 Å². The van der Waals surface area contributed by atoms with Gasteiger partial charge in [-0.05, 0) is 42.9 Å². The minimum atomic E-state index is -0.0238. The van der Waals surface area contributed by atoms with Crippen molar-refractivity contribution < 1.29 is 4.79 Å². The number of aromatic amines is 1.